The summed E-state index contributed by atoms with van der Waals surface area (Å²) < 4.78 is 5.91. The van der Waals surface area contributed by atoms with Crippen molar-refractivity contribution in [1.82, 2.24) is 4.90 Å². The summed E-state index contributed by atoms with van der Waals surface area (Å²) in [5.74, 6) is -0.404. The Kier molecular flexibility index (Phi) is 7.77. The Hall–Kier alpha value is -2.60. The predicted octanol–water partition coefficient (Wildman–Crippen LogP) is 6.19. The molecule has 3 rings (SSSR count). The standard InChI is InChI=1S/C26H30BrNO4/c1-5-6-7-14-28-23(18-10-8-17(9-11-18)16(2)3)22(25(30)26(28)31)24(29)19-12-13-21(32-4)20(27)15-19/h8-13,15-16,23,29H,5-7,14H2,1-4H3/b24-22-. The maximum absolute atomic E-state index is 13.1. The van der Waals surface area contributed by atoms with Crippen LogP contribution in [0.3, 0.4) is 0 Å². The Bertz CT molecular complexity index is 1030. The minimum atomic E-state index is -0.649. The van der Waals surface area contributed by atoms with E-state index in [1.165, 1.54) is 5.56 Å². The highest BCUT2D eigenvalue weighted by Crippen LogP contribution is 2.40. The maximum Gasteiger partial charge on any atom is 0.295 e. The van der Waals surface area contributed by atoms with Crippen LogP contribution in [0.25, 0.3) is 5.76 Å². The average molecular weight is 500 g/mol. The third-order valence-electron chi connectivity index (χ3n) is 5.89. The Labute approximate surface area is 198 Å². The molecular weight excluding hydrogens is 470 g/mol. The van der Waals surface area contributed by atoms with Gasteiger partial charge >= 0.3 is 0 Å². The summed E-state index contributed by atoms with van der Waals surface area (Å²) in [5, 5.41) is 11.2. The number of hydrogen-bond acceptors (Lipinski definition) is 4. The average Bonchev–Trinajstić information content (AvgIpc) is 3.03. The molecule has 0 saturated carbocycles. The number of benzene rings is 2. The lowest BCUT2D eigenvalue weighted by molar-refractivity contribution is -0.139. The zero-order chi connectivity index (χ0) is 23.4. The number of ketones is 1. The number of likely N-dealkylation sites (tertiary alicyclic amines) is 1. The lowest BCUT2D eigenvalue weighted by atomic mass is 9.93. The van der Waals surface area contributed by atoms with Gasteiger partial charge in [0.05, 0.1) is 23.2 Å². The van der Waals surface area contributed by atoms with Crippen LogP contribution in [0.1, 0.15) is 68.7 Å². The number of nitrogens with zero attached hydrogens (tertiary/aromatic N) is 1. The molecule has 32 heavy (non-hydrogen) atoms. The van der Waals surface area contributed by atoms with Gasteiger partial charge in [-0.05, 0) is 57.6 Å². The van der Waals surface area contributed by atoms with Crippen molar-refractivity contribution in [2.24, 2.45) is 0 Å². The van der Waals surface area contributed by atoms with Crippen LogP contribution in [-0.4, -0.2) is 35.4 Å². The number of methoxy groups -OCH3 is 1. The second kappa shape index (κ2) is 10.3. The quantitative estimate of drug-likeness (QED) is 0.203. The minimum Gasteiger partial charge on any atom is -0.507 e. The molecule has 0 radical (unpaired) electrons. The molecular formula is C26H30BrNO4. The molecule has 170 valence electrons. The molecule has 0 aromatic heterocycles. The minimum absolute atomic E-state index is 0.126. The molecule has 6 heteroatoms. The van der Waals surface area contributed by atoms with Crippen molar-refractivity contribution in [3.8, 4) is 5.75 Å². The third kappa shape index (κ3) is 4.75. The maximum atomic E-state index is 13.1. The van der Waals surface area contributed by atoms with Gasteiger partial charge in [0.25, 0.3) is 11.7 Å². The highest BCUT2D eigenvalue weighted by molar-refractivity contribution is 9.10. The number of halogens is 1. The molecule has 2 aromatic carbocycles. The van der Waals surface area contributed by atoms with E-state index in [1.807, 2.05) is 24.3 Å². The van der Waals surface area contributed by atoms with Crippen LogP contribution in [0.15, 0.2) is 52.5 Å². The number of aliphatic hydroxyl groups is 1. The molecule has 1 saturated heterocycles. The Morgan fingerprint density at radius 3 is 2.38 bits per heavy atom. The number of Topliss-reactive ketones (excluding diaryl/α,β-unsaturated/α-hetero) is 1. The molecule has 5 nitrogen and oxygen atoms in total. The first kappa shape index (κ1) is 24.1. The van der Waals surface area contributed by atoms with Crippen molar-refractivity contribution in [1.29, 1.82) is 0 Å². The number of aliphatic hydroxyl groups excluding tert-OH is 1. The van der Waals surface area contributed by atoms with Gasteiger partial charge in [0.15, 0.2) is 0 Å². The van der Waals surface area contributed by atoms with Crippen molar-refractivity contribution < 1.29 is 19.4 Å². The second-order valence-electron chi connectivity index (χ2n) is 8.37. The number of carbonyl (C=O) groups is 2. The summed E-state index contributed by atoms with van der Waals surface area (Å²) in [7, 11) is 1.56. The first-order valence-corrected chi connectivity index (χ1v) is 11.8. The molecule has 1 amide bonds. The molecule has 1 N–H and O–H groups in total. The van der Waals surface area contributed by atoms with E-state index < -0.39 is 17.7 Å². The Morgan fingerprint density at radius 1 is 1.12 bits per heavy atom. The van der Waals surface area contributed by atoms with Crippen molar-refractivity contribution in [3.05, 3.63) is 69.2 Å². The van der Waals surface area contributed by atoms with Gasteiger partial charge in [0.1, 0.15) is 11.5 Å². The van der Waals surface area contributed by atoms with E-state index in [1.54, 1.807) is 30.2 Å². The van der Waals surface area contributed by atoms with E-state index in [0.29, 0.717) is 28.2 Å². The molecule has 2 aromatic rings. The highest BCUT2D eigenvalue weighted by atomic mass is 79.9. The van der Waals surface area contributed by atoms with Crippen LogP contribution in [0.5, 0.6) is 5.75 Å². The van der Waals surface area contributed by atoms with E-state index in [9.17, 15) is 14.7 Å². The zero-order valence-corrected chi connectivity index (χ0v) is 20.6. The molecule has 1 fully saturated rings. The predicted molar refractivity (Wildman–Crippen MR) is 130 cm³/mol. The Morgan fingerprint density at radius 2 is 1.81 bits per heavy atom. The normalized spacial score (nSPS) is 17.9. The Balaban J connectivity index is 2.12. The number of rotatable bonds is 8. The van der Waals surface area contributed by atoms with Crippen LogP contribution in [0.4, 0.5) is 0 Å². The third-order valence-corrected chi connectivity index (χ3v) is 6.51. The van der Waals surface area contributed by atoms with Crippen molar-refractivity contribution in [3.63, 3.8) is 0 Å². The first-order chi connectivity index (χ1) is 15.3. The molecule has 1 atom stereocenters. The summed E-state index contributed by atoms with van der Waals surface area (Å²) in [5.41, 5.74) is 2.57. The van der Waals surface area contributed by atoms with Crippen LogP contribution in [-0.2, 0) is 9.59 Å². The molecule has 1 heterocycles. The molecule has 1 aliphatic heterocycles. The van der Waals surface area contributed by atoms with Crippen molar-refractivity contribution in [2.45, 2.75) is 52.0 Å². The summed E-state index contributed by atoms with van der Waals surface area (Å²) in [6, 6.07) is 12.4. The fraction of sp³-hybridized carbons (Fsp3) is 0.385. The molecule has 0 bridgehead atoms. The fourth-order valence-corrected chi connectivity index (χ4v) is 4.56. The second-order valence-corrected chi connectivity index (χ2v) is 9.22. The van der Waals surface area contributed by atoms with Gasteiger partial charge in [0, 0.05) is 12.1 Å². The highest BCUT2D eigenvalue weighted by Gasteiger charge is 2.45. The first-order valence-electron chi connectivity index (χ1n) is 11.0. The van der Waals surface area contributed by atoms with Gasteiger partial charge in [-0.1, -0.05) is 57.9 Å². The van der Waals surface area contributed by atoms with Gasteiger partial charge < -0.3 is 14.7 Å². The van der Waals surface area contributed by atoms with E-state index in [2.05, 4.69) is 36.7 Å². The summed E-state index contributed by atoms with van der Waals surface area (Å²) in [6.07, 6.45) is 2.78. The van der Waals surface area contributed by atoms with Crippen LogP contribution in [0.2, 0.25) is 0 Å². The van der Waals surface area contributed by atoms with Gasteiger partial charge in [-0.3, -0.25) is 9.59 Å². The zero-order valence-electron chi connectivity index (χ0n) is 19.0. The van der Waals surface area contributed by atoms with Crippen LogP contribution in [0, 0.1) is 0 Å². The van der Waals surface area contributed by atoms with E-state index in [-0.39, 0.29) is 11.3 Å². The van der Waals surface area contributed by atoms with Crippen molar-refractivity contribution in [2.75, 3.05) is 13.7 Å². The van der Waals surface area contributed by atoms with Crippen LogP contribution >= 0.6 is 15.9 Å². The van der Waals surface area contributed by atoms with E-state index in [4.69, 9.17) is 4.74 Å². The molecule has 1 aliphatic rings. The van der Waals surface area contributed by atoms with Crippen molar-refractivity contribution >= 4 is 33.4 Å². The van der Waals surface area contributed by atoms with Gasteiger partial charge in [0.2, 0.25) is 0 Å². The molecule has 0 aliphatic carbocycles. The van der Waals surface area contributed by atoms with Crippen LogP contribution < -0.4 is 4.74 Å². The number of ether oxygens (including phenoxy) is 1. The van der Waals surface area contributed by atoms with E-state index in [0.717, 1.165) is 24.8 Å². The lowest BCUT2D eigenvalue weighted by Gasteiger charge is -2.25. The summed E-state index contributed by atoms with van der Waals surface area (Å²) in [6.45, 7) is 6.80. The van der Waals surface area contributed by atoms with Gasteiger partial charge in [-0.25, -0.2) is 0 Å². The topological polar surface area (TPSA) is 66.8 Å². The monoisotopic (exact) mass is 499 g/mol. The number of unbranched alkanes of at least 4 members (excludes halogenated alkanes) is 2. The number of carbonyl (C=O) groups excluding carboxylic acids is 2. The lowest BCUT2D eigenvalue weighted by Crippen LogP contribution is -2.30. The largest absolute Gasteiger partial charge is 0.507 e. The van der Waals surface area contributed by atoms with Gasteiger partial charge in [-0.15, -0.1) is 0 Å². The SMILES string of the molecule is CCCCCN1C(=O)C(=O)/C(=C(\O)c2ccc(OC)c(Br)c2)C1c1ccc(C(C)C)cc1. The fourth-order valence-electron chi connectivity index (χ4n) is 4.02. The smallest absolute Gasteiger partial charge is 0.295 e. The molecule has 1 unspecified atom stereocenters. The molecule has 0 spiro atoms. The van der Waals surface area contributed by atoms with E-state index >= 15 is 0 Å². The number of hydrogen-bond donors (Lipinski definition) is 1. The summed E-state index contributed by atoms with van der Waals surface area (Å²) >= 11 is 3.43. The summed E-state index contributed by atoms with van der Waals surface area (Å²) in [4.78, 5) is 27.7. The number of amides is 1. The van der Waals surface area contributed by atoms with Gasteiger partial charge in [-0.2, -0.15) is 0 Å².